The van der Waals surface area contributed by atoms with E-state index in [9.17, 15) is 9.59 Å². The van der Waals surface area contributed by atoms with E-state index in [1.165, 1.54) is 32.0 Å². The fourth-order valence-corrected chi connectivity index (χ4v) is 7.20. The molecule has 0 spiro atoms. The molecule has 0 aliphatic rings. The van der Waals surface area contributed by atoms with Crippen LogP contribution in [-0.2, 0) is 5.41 Å². The monoisotopic (exact) mass is 751 g/mol. The van der Waals surface area contributed by atoms with Gasteiger partial charge in [0.05, 0.1) is 48.7 Å². The highest BCUT2D eigenvalue weighted by Crippen LogP contribution is 2.28. The van der Waals surface area contributed by atoms with E-state index in [0.29, 0.717) is 27.1 Å². The molecule has 4 heterocycles. The van der Waals surface area contributed by atoms with Gasteiger partial charge in [-0.2, -0.15) is 19.6 Å². The second-order valence-electron chi connectivity index (χ2n) is 12.3. The molecule has 4 aromatic heterocycles. The van der Waals surface area contributed by atoms with Crippen molar-refractivity contribution in [2.45, 2.75) is 67.7 Å². The van der Waals surface area contributed by atoms with Crippen molar-refractivity contribution in [2.24, 2.45) is 9.98 Å². The average molecular weight is 752 g/mol. The molecular weight excluding hydrogens is 703 g/mol. The second-order valence-corrected chi connectivity index (χ2v) is 14.3. The Balaban J connectivity index is 0.000000338. The maximum absolute atomic E-state index is 12.9. The van der Waals surface area contributed by atoms with Gasteiger partial charge in [0.25, 0.3) is 11.1 Å². The summed E-state index contributed by atoms with van der Waals surface area (Å²) in [4.78, 5) is 42.8. The van der Waals surface area contributed by atoms with Gasteiger partial charge in [0.15, 0.2) is 0 Å². The molecule has 2 N–H and O–H groups in total. The van der Waals surface area contributed by atoms with Crippen molar-refractivity contribution in [2.75, 3.05) is 7.05 Å². The van der Waals surface area contributed by atoms with Gasteiger partial charge in [-0.15, -0.1) is 0 Å². The molecule has 11 nitrogen and oxygen atoms in total. The zero-order valence-corrected chi connectivity index (χ0v) is 33.4. The van der Waals surface area contributed by atoms with E-state index in [1.807, 2.05) is 128 Å². The number of nitrogens with zero attached hydrogens (tertiary/aromatic N) is 7. The number of hydrogen-bond acceptors (Lipinski definition) is 9. The molecule has 7 rings (SSSR count). The molecule has 0 amide bonds. The number of rotatable bonds is 5. The van der Waals surface area contributed by atoms with Crippen LogP contribution in [0.4, 0.5) is 0 Å². The number of aryl methyl sites for hydroxylation is 1. The zero-order chi connectivity index (χ0) is 38.9. The Labute approximate surface area is 320 Å². The van der Waals surface area contributed by atoms with Crippen molar-refractivity contribution < 1.29 is 2.85 Å². The van der Waals surface area contributed by atoms with E-state index < -0.39 is 0 Å². The third-order valence-corrected chi connectivity index (χ3v) is 9.70. The quantitative estimate of drug-likeness (QED) is 0.133. The summed E-state index contributed by atoms with van der Waals surface area (Å²) in [6.07, 6.45) is 3.35. The normalized spacial score (nSPS) is 11.4. The molecule has 0 aliphatic carbocycles. The lowest BCUT2D eigenvalue weighted by molar-refractivity contribution is 0.559. The van der Waals surface area contributed by atoms with Crippen LogP contribution in [0.3, 0.4) is 0 Å². The van der Waals surface area contributed by atoms with Gasteiger partial charge in [-0.1, -0.05) is 119 Å². The molecule has 0 fully saturated rings. The van der Waals surface area contributed by atoms with Crippen molar-refractivity contribution in [1.29, 1.82) is 5.26 Å². The molecule has 7 aromatic rings. The smallest absolute Gasteiger partial charge is 0.282 e. The molecule has 0 atom stereocenters. The molecule has 0 saturated heterocycles. The van der Waals surface area contributed by atoms with Gasteiger partial charge in [-0.05, 0) is 44.2 Å². The molecule has 0 bridgehead atoms. The van der Waals surface area contributed by atoms with Crippen LogP contribution < -0.4 is 11.1 Å². The molecule has 0 radical (unpaired) electrons. The number of fused-ring (bicyclic) bond motifs is 2. The van der Waals surface area contributed by atoms with Crippen LogP contribution >= 0.6 is 22.7 Å². The number of H-pyrrole nitrogens is 2. The Kier molecular flexibility index (Phi) is 13.4. The lowest BCUT2D eigenvalue weighted by Crippen LogP contribution is -2.21. The summed E-state index contributed by atoms with van der Waals surface area (Å²) in [6.45, 7) is 17.7. The van der Waals surface area contributed by atoms with Crippen LogP contribution in [0.1, 0.15) is 80.6 Å². The maximum Gasteiger partial charge on any atom is 0.282 e. The Morgan fingerprint density at radius 2 is 1.40 bits per heavy atom. The summed E-state index contributed by atoms with van der Waals surface area (Å²) < 4.78 is 4.99. The van der Waals surface area contributed by atoms with Gasteiger partial charge in [0.2, 0.25) is 16.5 Å². The number of para-hydroxylation sites is 2. The van der Waals surface area contributed by atoms with Crippen molar-refractivity contribution in [1.82, 2.24) is 29.5 Å². The summed E-state index contributed by atoms with van der Waals surface area (Å²) in [5, 5.41) is 16.4. The molecule has 53 heavy (non-hydrogen) atoms. The Hall–Kier alpha value is -5.71. The van der Waals surface area contributed by atoms with Crippen LogP contribution in [0.15, 0.2) is 92.4 Å². The first-order chi connectivity index (χ1) is 25.5. The molecule has 0 saturated carbocycles. The SMILES string of the molecule is CC.CC.CC(=NC#N)c1c(C(C)(C)C)[nH]n(-c2nc3ccccc3s2)c1=O.CN=Cc1c(-c2cccc(C)c2)[nH]n(-c2nc3ccccc3s2)c1=O.[HH].[HH]. The van der Waals surface area contributed by atoms with Crippen molar-refractivity contribution in [3.05, 3.63) is 116 Å². The maximum atomic E-state index is 12.9. The molecular formula is C40H49N9O2S2. The van der Waals surface area contributed by atoms with Gasteiger partial charge >= 0.3 is 0 Å². The fourth-order valence-electron chi connectivity index (χ4n) is 5.35. The standard InChI is InChI=1S/C19H16N4OS.C17H17N5OS.2C2H6.2H2/c1-12-6-5-7-13(10-12)17-14(11-20-2)18(24)23(22-17)19-21-15-8-3-4-9-16(15)25-19;1-10(19-9-18)13-14(17(2,3)4)21-22(15(13)23)16-20-11-7-5-6-8-12(11)24-16;2*1-2;;/h3-11,22H,1-2H3;5-8,21H,1-4H3;2*1-2H3;2*1H. The minimum atomic E-state index is -0.303. The third-order valence-electron chi connectivity index (χ3n) is 7.66. The number of thiazole rings is 2. The summed E-state index contributed by atoms with van der Waals surface area (Å²) in [6, 6.07) is 23.6. The van der Waals surface area contributed by atoms with E-state index in [0.717, 1.165) is 42.9 Å². The first-order valence-corrected chi connectivity index (χ1v) is 19.0. The van der Waals surface area contributed by atoms with Crippen LogP contribution in [0.5, 0.6) is 0 Å². The number of hydrogen-bond donors (Lipinski definition) is 2. The minimum absolute atomic E-state index is 0. The molecule has 278 valence electrons. The van der Waals surface area contributed by atoms with Gasteiger partial charge in [-0.3, -0.25) is 24.8 Å². The lowest BCUT2D eigenvalue weighted by atomic mass is 9.88. The highest BCUT2D eigenvalue weighted by atomic mass is 32.1. The van der Waals surface area contributed by atoms with Crippen LogP contribution in [-0.4, -0.2) is 48.5 Å². The van der Waals surface area contributed by atoms with E-state index in [4.69, 9.17) is 5.26 Å². The Morgan fingerprint density at radius 3 is 1.89 bits per heavy atom. The molecule has 0 aliphatic heterocycles. The van der Waals surface area contributed by atoms with Gasteiger partial charge in [0.1, 0.15) is 0 Å². The summed E-state index contributed by atoms with van der Waals surface area (Å²) in [5.41, 5.74) is 5.98. The van der Waals surface area contributed by atoms with Gasteiger partial charge in [-0.25, -0.2) is 9.97 Å². The van der Waals surface area contributed by atoms with Crippen LogP contribution in [0, 0.1) is 18.4 Å². The topological polar surface area (TPSA) is 150 Å². The number of aromatic nitrogens is 6. The number of nitriles is 1. The Bertz CT molecular complexity index is 2490. The van der Waals surface area contributed by atoms with Crippen molar-refractivity contribution in [3.8, 4) is 27.7 Å². The van der Waals surface area contributed by atoms with E-state index >= 15 is 0 Å². The van der Waals surface area contributed by atoms with Crippen molar-refractivity contribution >= 4 is 55.0 Å². The minimum Gasteiger partial charge on any atom is -0.296 e. The Morgan fingerprint density at radius 1 is 0.849 bits per heavy atom. The molecule has 0 unspecified atom stereocenters. The zero-order valence-electron chi connectivity index (χ0n) is 31.8. The van der Waals surface area contributed by atoms with Crippen LogP contribution in [0.2, 0.25) is 0 Å². The lowest BCUT2D eigenvalue weighted by Gasteiger charge is -2.17. The van der Waals surface area contributed by atoms with Gasteiger partial charge in [0, 0.05) is 27.1 Å². The number of nitrogens with one attached hydrogen (secondary N) is 2. The molecule has 13 heteroatoms. The summed E-state index contributed by atoms with van der Waals surface area (Å²) in [5.74, 6) is 0. The first-order valence-electron chi connectivity index (χ1n) is 17.4. The predicted octanol–water partition coefficient (Wildman–Crippen LogP) is 9.71. The summed E-state index contributed by atoms with van der Waals surface area (Å²) >= 11 is 2.92. The van der Waals surface area contributed by atoms with E-state index in [-0.39, 0.29) is 19.4 Å². The van der Waals surface area contributed by atoms with Crippen LogP contribution in [0.25, 0.3) is 42.0 Å². The largest absolute Gasteiger partial charge is 0.296 e. The van der Waals surface area contributed by atoms with Crippen molar-refractivity contribution in [3.63, 3.8) is 0 Å². The number of aliphatic imine (C=N–C) groups is 2. The average Bonchev–Trinajstić information content (AvgIpc) is 3.93. The molecule has 3 aromatic carbocycles. The van der Waals surface area contributed by atoms with Gasteiger partial charge < -0.3 is 0 Å². The number of benzene rings is 3. The highest BCUT2D eigenvalue weighted by molar-refractivity contribution is 7.21. The predicted molar refractivity (Wildman–Crippen MR) is 226 cm³/mol. The fraction of sp³-hybridized carbons (Fsp3) is 0.275. The summed E-state index contributed by atoms with van der Waals surface area (Å²) in [7, 11) is 1.66. The first kappa shape index (κ1) is 40.1. The highest BCUT2D eigenvalue weighted by Gasteiger charge is 2.27. The number of aromatic amines is 2. The van der Waals surface area contributed by atoms with E-state index in [1.54, 1.807) is 26.4 Å². The second kappa shape index (κ2) is 17.7. The van der Waals surface area contributed by atoms with E-state index in [2.05, 4.69) is 30.2 Å². The third kappa shape index (κ3) is 8.68.